The van der Waals surface area contributed by atoms with E-state index in [1.54, 1.807) is 36.4 Å². The van der Waals surface area contributed by atoms with Crippen molar-refractivity contribution in [1.29, 1.82) is 0 Å². The maximum absolute atomic E-state index is 12.1. The summed E-state index contributed by atoms with van der Waals surface area (Å²) in [6, 6.07) is 27.8. The molecular formula is C24H17N3O2. The van der Waals surface area contributed by atoms with Gasteiger partial charge < -0.3 is 4.98 Å². The highest BCUT2D eigenvalue weighted by atomic mass is 16.2. The second-order valence-corrected chi connectivity index (χ2v) is 6.32. The molecule has 0 saturated heterocycles. The first-order valence-corrected chi connectivity index (χ1v) is 9.11. The van der Waals surface area contributed by atoms with Crippen LogP contribution in [0.4, 0.5) is 0 Å². The van der Waals surface area contributed by atoms with Crippen LogP contribution >= 0.6 is 0 Å². The highest BCUT2D eigenvalue weighted by Crippen LogP contribution is 2.12. The Hall–Kier alpha value is -4.12. The van der Waals surface area contributed by atoms with Crippen molar-refractivity contribution in [3.8, 4) is 0 Å². The molecule has 1 N–H and O–H groups in total. The van der Waals surface area contributed by atoms with E-state index < -0.39 is 11.6 Å². The maximum Gasteiger partial charge on any atom is 0.268 e. The topological polar surface area (TPSA) is 75.7 Å². The van der Waals surface area contributed by atoms with Crippen molar-refractivity contribution in [1.82, 2.24) is 15.0 Å². The zero-order valence-electron chi connectivity index (χ0n) is 15.4. The lowest BCUT2D eigenvalue weighted by Gasteiger charge is -1.96. The van der Waals surface area contributed by atoms with E-state index in [2.05, 4.69) is 27.1 Å². The van der Waals surface area contributed by atoms with Gasteiger partial charge in [0.25, 0.3) is 5.78 Å². The molecule has 0 aliphatic heterocycles. The smallest absolute Gasteiger partial charge is 0.268 e. The second kappa shape index (κ2) is 8.27. The molecule has 0 aliphatic carbocycles. The Morgan fingerprint density at radius 2 is 1.31 bits per heavy atom. The molecule has 0 amide bonds. The number of rotatable bonds is 3. The lowest BCUT2D eigenvalue weighted by atomic mass is 10.1. The summed E-state index contributed by atoms with van der Waals surface area (Å²) < 4.78 is 0. The first kappa shape index (κ1) is 18.3. The molecule has 0 aliphatic rings. The second-order valence-electron chi connectivity index (χ2n) is 6.32. The number of fused-ring (bicyclic) bond motifs is 2. The SMILES string of the molecule is O=C(C(=O)c1nc2ccccc2[nH]1)c1ccccc1.c1ccc2ncccc2c1. The number of carbonyl (C=O) groups excluding carboxylic acids is 2. The molecule has 2 aromatic heterocycles. The summed E-state index contributed by atoms with van der Waals surface area (Å²) in [7, 11) is 0. The molecule has 0 atom stereocenters. The van der Waals surface area contributed by atoms with Gasteiger partial charge in [0.2, 0.25) is 5.78 Å². The van der Waals surface area contributed by atoms with Gasteiger partial charge in [-0.15, -0.1) is 0 Å². The molecule has 29 heavy (non-hydrogen) atoms. The third-order valence-electron chi connectivity index (χ3n) is 4.36. The molecule has 0 spiro atoms. The highest BCUT2D eigenvalue weighted by molar-refractivity contribution is 6.48. The molecule has 2 heterocycles. The predicted octanol–water partition coefficient (Wildman–Crippen LogP) is 4.86. The van der Waals surface area contributed by atoms with Gasteiger partial charge in [-0.3, -0.25) is 14.6 Å². The molecule has 5 rings (SSSR count). The van der Waals surface area contributed by atoms with Gasteiger partial charge in [-0.2, -0.15) is 0 Å². The zero-order chi connectivity index (χ0) is 20.1. The van der Waals surface area contributed by atoms with Gasteiger partial charge in [0.1, 0.15) is 0 Å². The Bertz CT molecular complexity index is 1190. The molecule has 5 nitrogen and oxygen atoms in total. The van der Waals surface area contributed by atoms with E-state index in [1.807, 2.05) is 48.7 Å². The van der Waals surface area contributed by atoms with Crippen molar-refractivity contribution in [3.63, 3.8) is 0 Å². The number of imidazole rings is 1. The van der Waals surface area contributed by atoms with Crippen LogP contribution in [0.15, 0.2) is 97.2 Å². The largest absolute Gasteiger partial charge is 0.335 e. The molecular weight excluding hydrogens is 362 g/mol. The first-order chi connectivity index (χ1) is 14.2. The van der Waals surface area contributed by atoms with Gasteiger partial charge in [-0.25, -0.2) is 4.98 Å². The number of hydrogen-bond acceptors (Lipinski definition) is 4. The van der Waals surface area contributed by atoms with E-state index in [1.165, 1.54) is 5.39 Å². The van der Waals surface area contributed by atoms with Gasteiger partial charge in [0, 0.05) is 17.1 Å². The first-order valence-electron chi connectivity index (χ1n) is 9.11. The Kier molecular flexibility index (Phi) is 5.21. The van der Waals surface area contributed by atoms with Crippen LogP contribution in [-0.4, -0.2) is 26.5 Å². The highest BCUT2D eigenvalue weighted by Gasteiger charge is 2.21. The quantitative estimate of drug-likeness (QED) is 0.359. The van der Waals surface area contributed by atoms with Gasteiger partial charge in [0.05, 0.1) is 16.6 Å². The summed E-state index contributed by atoms with van der Waals surface area (Å²) in [6.07, 6.45) is 1.81. The number of aromatic nitrogens is 3. The van der Waals surface area contributed by atoms with Crippen LogP contribution < -0.4 is 0 Å². The maximum atomic E-state index is 12.1. The van der Waals surface area contributed by atoms with Crippen LogP contribution in [0.2, 0.25) is 0 Å². The van der Waals surface area contributed by atoms with E-state index in [9.17, 15) is 9.59 Å². The number of H-pyrrole nitrogens is 1. The van der Waals surface area contributed by atoms with Crippen LogP contribution in [0, 0.1) is 0 Å². The average molecular weight is 379 g/mol. The Labute approximate surface area is 167 Å². The van der Waals surface area contributed by atoms with E-state index in [0.717, 1.165) is 11.0 Å². The molecule has 0 unspecified atom stereocenters. The monoisotopic (exact) mass is 379 g/mol. The lowest BCUT2D eigenvalue weighted by molar-refractivity contribution is 0.0811. The fraction of sp³-hybridized carbons (Fsp3) is 0. The minimum atomic E-state index is -0.623. The molecule has 0 saturated carbocycles. The fourth-order valence-corrected chi connectivity index (χ4v) is 2.90. The van der Waals surface area contributed by atoms with Gasteiger partial charge in [0.15, 0.2) is 5.82 Å². The normalized spacial score (nSPS) is 10.3. The van der Waals surface area contributed by atoms with E-state index in [-0.39, 0.29) is 5.82 Å². The standard InChI is InChI=1S/C15H10N2O2.C9H7N/c18-13(10-6-2-1-3-7-10)14(19)15-16-11-8-4-5-9-12(11)17-15;1-2-6-9-8(4-1)5-3-7-10-9/h1-9H,(H,16,17);1-7H. The third kappa shape index (κ3) is 4.09. The van der Waals surface area contributed by atoms with Crippen LogP contribution in [0.1, 0.15) is 21.0 Å². The summed E-state index contributed by atoms with van der Waals surface area (Å²) in [4.78, 5) is 35.3. The summed E-state index contributed by atoms with van der Waals surface area (Å²) in [5, 5.41) is 1.20. The van der Waals surface area contributed by atoms with Crippen molar-refractivity contribution in [3.05, 3.63) is 109 Å². The molecule has 5 heteroatoms. The summed E-state index contributed by atoms with van der Waals surface area (Å²) >= 11 is 0. The van der Waals surface area contributed by atoms with Crippen molar-refractivity contribution < 1.29 is 9.59 Å². The van der Waals surface area contributed by atoms with Crippen LogP contribution in [0.5, 0.6) is 0 Å². The fourth-order valence-electron chi connectivity index (χ4n) is 2.90. The number of carbonyl (C=O) groups is 2. The molecule has 0 bridgehead atoms. The van der Waals surface area contributed by atoms with E-state index >= 15 is 0 Å². The summed E-state index contributed by atoms with van der Waals surface area (Å²) in [5.41, 5.74) is 2.84. The zero-order valence-corrected chi connectivity index (χ0v) is 15.4. The average Bonchev–Trinajstić information content (AvgIpc) is 3.23. The number of aromatic amines is 1. The van der Waals surface area contributed by atoms with Crippen LogP contribution in [0.3, 0.4) is 0 Å². The van der Waals surface area contributed by atoms with Crippen LogP contribution in [0.25, 0.3) is 21.9 Å². The Morgan fingerprint density at radius 3 is 2.07 bits per heavy atom. The number of para-hydroxylation sites is 3. The van der Waals surface area contributed by atoms with Crippen molar-refractivity contribution >= 4 is 33.5 Å². The van der Waals surface area contributed by atoms with Crippen molar-refractivity contribution in [2.75, 3.05) is 0 Å². The number of nitrogens with zero attached hydrogens (tertiary/aromatic N) is 2. The van der Waals surface area contributed by atoms with E-state index in [0.29, 0.717) is 11.1 Å². The number of benzene rings is 3. The Balaban J connectivity index is 0.000000171. The van der Waals surface area contributed by atoms with Gasteiger partial charge >= 0.3 is 0 Å². The lowest BCUT2D eigenvalue weighted by Crippen LogP contribution is -2.15. The number of ketones is 2. The van der Waals surface area contributed by atoms with E-state index in [4.69, 9.17) is 0 Å². The third-order valence-corrected chi connectivity index (χ3v) is 4.36. The van der Waals surface area contributed by atoms with Crippen LogP contribution in [-0.2, 0) is 0 Å². The summed E-state index contributed by atoms with van der Waals surface area (Å²) in [5.74, 6) is -1.10. The predicted molar refractivity (Wildman–Crippen MR) is 113 cm³/mol. The van der Waals surface area contributed by atoms with Gasteiger partial charge in [-0.1, -0.05) is 66.7 Å². The summed E-state index contributed by atoms with van der Waals surface area (Å²) in [6.45, 7) is 0. The van der Waals surface area contributed by atoms with Crippen molar-refractivity contribution in [2.24, 2.45) is 0 Å². The number of hydrogen-bond donors (Lipinski definition) is 1. The molecule has 140 valence electrons. The Morgan fingerprint density at radius 1 is 0.655 bits per heavy atom. The molecule has 5 aromatic rings. The number of Topliss-reactive ketones (excluding diaryl/α,β-unsaturated/α-hetero) is 2. The minimum Gasteiger partial charge on any atom is -0.335 e. The molecule has 0 radical (unpaired) electrons. The van der Waals surface area contributed by atoms with Crippen molar-refractivity contribution in [2.45, 2.75) is 0 Å². The minimum absolute atomic E-state index is 0.0788. The number of nitrogens with one attached hydrogen (secondary N) is 1. The van der Waals surface area contributed by atoms with Gasteiger partial charge in [-0.05, 0) is 24.3 Å². The number of pyridine rings is 1. The molecule has 0 fully saturated rings. The molecule has 3 aromatic carbocycles.